The van der Waals surface area contributed by atoms with Gasteiger partial charge in [-0.15, -0.1) is 0 Å². The Hall–Kier alpha value is -2.15. The minimum atomic E-state index is -3.29. The first-order chi connectivity index (χ1) is 12.9. The van der Waals surface area contributed by atoms with Crippen LogP contribution >= 0.6 is 0 Å². The van der Waals surface area contributed by atoms with Gasteiger partial charge in [0.2, 0.25) is 10.0 Å². The zero-order valence-electron chi connectivity index (χ0n) is 16.1. The quantitative estimate of drug-likeness (QED) is 0.613. The Morgan fingerprint density at radius 2 is 1.70 bits per heavy atom. The van der Waals surface area contributed by atoms with Crippen molar-refractivity contribution in [3.8, 4) is 5.75 Å². The molecule has 2 aromatic carbocycles. The summed E-state index contributed by atoms with van der Waals surface area (Å²) in [5.41, 5.74) is 2.93. The topological polar surface area (TPSA) is 67.4 Å². The van der Waals surface area contributed by atoms with Gasteiger partial charge in [-0.05, 0) is 31.0 Å². The molecule has 2 N–H and O–H groups in total. The summed E-state index contributed by atoms with van der Waals surface area (Å²) < 4.78 is 31.8. The normalized spacial score (nSPS) is 12.0. The largest absolute Gasteiger partial charge is 0.496 e. The molecule has 0 aliphatic heterocycles. The first-order valence-corrected chi connectivity index (χ1v) is 10.6. The molecule has 0 aromatic heterocycles. The lowest BCUT2D eigenvalue weighted by Gasteiger charge is -2.10. The van der Waals surface area contributed by atoms with Gasteiger partial charge in [-0.3, -0.25) is 0 Å². The van der Waals surface area contributed by atoms with Gasteiger partial charge in [0.1, 0.15) is 5.75 Å². The van der Waals surface area contributed by atoms with Gasteiger partial charge in [0.25, 0.3) is 0 Å². The van der Waals surface area contributed by atoms with E-state index in [1.165, 1.54) is 0 Å². The molecule has 0 unspecified atom stereocenters. The maximum absolute atomic E-state index is 12.0. The average Bonchev–Trinajstić information content (AvgIpc) is 2.61. The van der Waals surface area contributed by atoms with Gasteiger partial charge in [0, 0.05) is 24.7 Å². The van der Waals surface area contributed by atoms with Crippen molar-refractivity contribution in [3.05, 3.63) is 71.3 Å². The third-order valence-electron chi connectivity index (χ3n) is 3.82. The SMILES string of the molecule is COc1ccccc1/C=C/CNCc1ccc(CS(=O)(=O)NC(C)C)cc1. The molecule has 27 heavy (non-hydrogen) atoms. The van der Waals surface area contributed by atoms with Gasteiger partial charge in [-0.25, -0.2) is 13.1 Å². The molecular weight excluding hydrogens is 360 g/mol. The number of para-hydroxylation sites is 1. The van der Waals surface area contributed by atoms with E-state index >= 15 is 0 Å². The van der Waals surface area contributed by atoms with E-state index in [0.29, 0.717) is 6.54 Å². The summed E-state index contributed by atoms with van der Waals surface area (Å²) in [5, 5.41) is 3.35. The third kappa shape index (κ3) is 7.54. The number of hydrogen-bond donors (Lipinski definition) is 2. The molecule has 0 bridgehead atoms. The first kappa shape index (κ1) is 21.2. The standard InChI is InChI=1S/C21H28N2O3S/c1-17(2)23-27(24,25)16-19-12-10-18(11-13-19)15-22-14-6-8-20-7-4-5-9-21(20)26-3/h4-13,17,22-23H,14-16H2,1-3H3/b8-6+. The van der Waals surface area contributed by atoms with Crippen molar-refractivity contribution in [1.29, 1.82) is 0 Å². The molecule has 2 rings (SSSR count). The van der Waals surface area contributed by atoms with Crippen molar-refractivity contribution < 1.29 is 13.2 Å². The van der Waals surface area contributed by atoms with Crippen LogP contribution in [0.1, 0.15) is 30.5 Å². The Morgan fingerprint density at radius 1 is 1.04 bits per heavy atom. The minimum absolute atomic E-state index is 0.000531. The summed E-state index contributed by atoms with van der Waals surface area (Å²) in [6.45, 7) is 5.07. The van der Waals surface area contributed by atoms with Gasteiger partial charge < -0.3 is 10.1 Å². The number of ether oxygens (including phenoxy) is 1. The highest BCUT2D eigenvalue weighted by Gasteiger charge is 2.12. The molecule has 0 atom stereocenters. The zero-order valence-corrected chi connectivity index (χ0v) is 16.9. The molecule has 6 heteroatoms. The van der Waals surface area contributed by atoms with Crippen molar-refractivity contribution >= 4 is 16.1 Å². The van der Waals surface area contributed by atoms with Gasteiger partial charge in [0.05, 0.1) is 12.9 Å². The predicted molar refractivity (Wildman–Crippen MR) is 111 cm³/mol. The maximum Gasteiger partial charge on any atom is 0.216 e. The second-order valence-electron chi connectivity index (χ2n) is 6.62. The Morgan fingerprint density at radius 3 is 2.37 bits per heavy atom. The van der Waals surface area contributed by atoms with Gasteiger partial charge >= 0.3 is 0 Å². The Kier molecular flexibility index (Phi) is 8.03. The molecule has 0 radical (unpaired) electrons. The van der Waals surface area contributed by atoms with E-state index in [1.54, 1.807) is 7.11 Å². The summed E-state index contributed by atoms with van der Waals surface area (Å²) in [6, 6.07) is 15.4. The predicted octanol–water partition coefficient (Wildman–Crippen LogP) is 3.33. The molecule has 0 fully saturated rings. The Labute approximate surface area is 162 Å². The molecule has 0 amide bonds. The second-order valence-corrected chi connectivity index (χ2v) is 8.38. The van der Waals surface area contributed by atoms with Crippen LogP contribution < -0.4 is 14.8 Å². The highest BCUT2D eigenvalue weighted by atomic mass is 32.2. The second kappa shape index (κ2) is 10.3. The highest BCUT2D eigenvalue weighted by Crippen LogP contribution is 2.18. The molecule has 0 aliphatic carbocycles. The van der Waals surface area contributed by atoms with E-state index in [2.05, 4.69) is 16.1 Å². The molecule has 2 aromatic rings. The lowest BCUT2D eigenvalue weighted by Crippen LogP contribution is -2.31. The van der Waals surface area contributed by atoms with Crippen molar-refractivity contribution in [2.24, 2.45) is 0 Å². The molecule has 0 saturated carbocycles. The zero-order chi connectivity index (χ0) is 19.7. The fraction of sp³-hybridized carbons (Fsp3) is 0.333. The molecule has 146 valence electrons. The van der Waals surface area contributed by atoms with Crippen LogP contribution in [0.25, 0.3) is 6.08 Å². The number of benzene rings is 2. The van der Waals surface area contributed by atoms with Gasteiger partial charge in [0.15, 0.2) is 0 Å². The number of nitrogens with one attached hydrogen (secondary N) is 2. The summed E-state index contributed by atoms with van der Waals surface area (Å²) in [6.07, 6.45) is 4.08. The Bertz CT molecular complexity index is 844. The van der Waals surface area contributed by atoms with Gasteiger partial charge in [-0.1, -0.05) is 54.6 Å². The van der Waals surface area contributed by atoms with Crippen molar-refractivity contribution in [3.63, 3.8) is 0 Å². The molecular formula is C21H28N2O3S. The van der Waals surface area contributed by atoms with E-state index < -0.39 is 10.0 Å². The van der Waals surface area contributed by atoms with Crippen LogP contribution in [0.15, 0.2) is 54.6 Å². The fourth-order valence-electron chi connectivity index (χ4n) is 2.66. The summed E-state index contributed by atoms with van der Waals surface area (Å²) in [4.78, 5) is 0. The van der Waals surface area contributed by atoms with E-state index in [0.717, 1.165) is 29.0 Å². The van der Waals surface area contributed by atoms with Crippen molar-refractivity contribution in [2.45, 2.75) is 32.2 Å². The summed E-state index contributed by atoms with van der Waals surface area (Å²) >= 11 is 0. The van der Waals surface area contributed by atoms with Crippen LogP contribution in [0, 0.1) is 0 Å². The lowest BCUT2D eigenvalue weighted by molar-refractivity contribution is 0.414. The third-order valence-corrected chi connectivity index (χ3v) is 5.37. The van der Waals surface area contributed by atoms with E-state index in [-0.39, 0.29) is 11.8 Å². The number of rotatable bonds is 10. The lowest BCUT2D eigenvalue weighted by atomic mass is 10.1. The number of sulfonamides is 1. The summed E-state index contributed by atoms with van der Waals surface area (Å²) in [7, 11) is -1.62. The Balaban J connectivity index is 1.81. The van der Waals surface area contributed by atoms with Crippen LogP contribution in [-0.4, -0.2) is 28.1 Å². The molecule has 5 nitrogen and oxygen atoms in total. The molecule has 0 spiro atoms. The first-order valence-electron chi connectivity index (χ1n) is 8.98. The maximum atomic E-state index is 12.0. The molecule has 0 heterocycles. The van der Waals surface area contributed by atoms with E-state index in [1.807, 2.05) is 68.5 Å². The van der Waals surface area contributed by atoms with Crippen molar-refractivity contribution in [2.75, 3.05) is 13.7 Å². The fourth-order valence-corrected chi connectivity index (χ4v) is 4.10. The van der Waals surface area contributed by atoms with Crippen LogP contribution in [0.3, 0.4) is 0 Å². The van der Waals surface area contributed by atoms with Gasteiger partial charge in [-0.2, -0.15) is 0 Å². The van der Waals surface area contributed by atoms with Crippen LogP contribution in [0.2, 0.25) is 0 Å². The number of methoxy groups -OCH3 is 1. The average molecular weight is 389 g/mol. The highest BCUT2D eigenvalue weighted by molar-refractivity contribution is 7.88. The summed E-state index contributed by atoms with van der Waals surface area (Å²) in [5.74, 6) is 0.854. The minimum Gasteiger partial charge on any atom is -0.496 e. The van der Waals surface area contributed by atoms with Crippen LogP contribution in [-0.2, 0) is 22.3 Å². The van der Waals surface area contributed by atoms with Crippen LogP contribution in [0.4, 0.5) is 0 Å². The van der Waals surface area contributed by atoms with E-state index in [9.17, 15) is 8.42 Å². The van der Waals surface area contributed by atoms with Crippen molar-refractivity contribution in [1.82, 2.24) is 10.0 Å². The molecule has 0 aliphatic rings. The number of hydrogen-bond acceptors (Lipinski definition) is 4. The molecule has 0 saturated heterocycles. The smallest absolute Gasteiger partial charge is 0.216 e. The van der Waals surface area contributed by atoms with E-state index in [4.69, 9.17) is 4.74 Å². The monoisotopic (exact) mass is 388 g/mol. The van der Waals surface area contributed by atoms with Crippen LogP contribution in [0.5, 0.6) is 5.75 Å².